The van der Waals surface area contributed by atoms with Crippen LogP contribution in [0.5, 0.6) is 0 Å². The second-order valence-electron chi connectivity index (χ2n) is 1.43. The molecule has 1 aromatic heterocycles. The number of H-pyrrole nitrogens is 1. The number of aromatic amines is 1. The highest BCUT2D eigenvalue weighted by molar-refractivity contribution is 5.85. The Kier molecular flexibility index (Phi) is 3.27. The van der Waals surface area contributed by atoms with Crippen molar-refractivity contribution in [1.82, 2.24) is 9.97 Å². The molecule has 10 heavy (non-hydrogen) atoms. The van der Waals surface area contributed by atoms with Gasteiger partial charge in [0.05, 0.1) is 6.33 Å². The standard InChI is InChI=1S/C4H6N4O.ClH/c5-3-4(8-2-9)7-1-6-3;/h1-2H,5H2,(H,6,7)(H,8,9);1H. The van der Waals surface area contributed by atoms with Crippen LogP contribution in [0.2, 0.25) is 0 Å². The molecule has 0 saturated heterocycles. The monoisotopic (exact) mass is 162 g/mol. The summed E-state index contributed by atoms with van der Waals surface area (Å²) < 4.78 is 0. The first-order valence-electron chi connectivity index (χ1n) is 2.33. The van der Waals surface area contributed by atoms with Crippen molar-refractivity contribution in [2.24, 2.45) is 0 Å². The first-order valence-corrected chi connectivity index (χ1v) is 2.33. The van der Waals surface area contributed by atoms with Gasteiger partial charge in [-0.25, -0.2) is 4.98 Å². The molecule has 1 rings (SSSR count). The third-order valence-corrected chi connectivity index (χ3v) is 0.864. The van der Waals surface area contributed by atoms with Gasteiger partial charge in [-0.3, -0.25) is 4.79 Å². The number of imidazole rings is 1. The molecule has 0 saturated carbocycles. The number of aromatic nitrogens is 2. The molecule has 1 heterocycles. The molecule has 0 spiro atoms. The van der Waals surface area contributed by atoms with E-state index in [0.29, 0.717) is 18.0 Å². The van der Waals surface area contributed by atoms with Crippen molar-refractivity contribution in [3.05, 3.63) is 6.33 Å². The van der Waals surface area contributed by atoms with Crippen LogP contribution in [0.3, 0.4) is 0 Å². The molecule has 1 amide bonds. The molecule has 4 N–H and O–H groups in total. The molecular weight excluding hydrogens is 156 g/mol. The first-order chi connectivity index (χ1) is 4.34. The zero-order chi connectivity index (χ0) is 6.69. The molecule has 56 valence electrons. The Morgan fingerprint density at radius 2 is 2.50 bits per heavy atom. The Morgan fingerprint density at radius 1 is 1.80 bits per heavy atom. The molecule has 0 aromatic carbocycles. The van der Waals surface area contributed by atoms with Gasteiger partial charge in [0.2, 0.25) is 6.41 Å². The highest BCUT2D eigenvalue weighted by atomic mass is 35.5. The number of carbonyl (C=O) groups excluding carboxylic acids is 1. The minimum absolute atomic E-state index is 0. The molecule has 0 atom stereocenters. The number of nitrogens with zero attached hydrogens (tertiary/aromatic N) is 1. The number of rotatable bonds is 2. The van der Waals surface area contributed by atoms with Gasteiger partial charge in [0.25, 0.3) is 0 Å². The summed E-state index contributed by atoms with van der Waals surface area (Å²) in [6, 6.07) is 0. The molecule has 0 aliphatic rings. The summed E-state index contributed by atoms with van der Waals surface area (Å²) in [6.07, 6.45) is 1.92. The zero-order valence-electron chi connectivity index (χ0n) is 5.00. The number of nitrogens with two attached hydrogens (primary N) is 1. The van der Waals surface area contributed by atoms with Crippen LogP contribution in [0.15, 0.2) is 6.33 Å². The number of anilines is 2. The van der Waals surface area contributed by atoms with Crippen LogP contribution in [0, 0.1) is 0 Å². The van der Waals surface area contributed by atoms with E-state index in [1.165, 1.54) is 6.33 Å². The van der Waals surface area contributed by atoms with Crippen molar-refractivity contribution in [2.75, 3.05) is 11.1 Å². The molecular formula is C4H7ClN4O. The van der Waals surface area contributed by atoms with E-state index in [4.69, 9.17) is 5.73 Å². The van der Waals surface area contributed by atoms with Gasteiger partial charge in [-0.1, -0.05) is 0 Å². The van der Waals surface area contributed by atoms with Gasteiger partial charge in [0, 0.05) is 0 Å². The van der Waals surface area contributed by atoms with Gasteiger partial charge in [-0.2, -0.15) is 0 Å². The van der Waals surface area contributed by atoms with E-state index in [1.807, 2.05) is 0 Å². The number of amides is 1. The van der Waals surface area contributed by atoms with E-state index in [9.17, 15) is 4.79 Å². The Morgan fingerprint density at radius 3 is 2.90 bits per heavy atom. The van der Waals surface area contributed by atoms with Gasteiger partial charge in [0.1, 0.15) is 5.82 Å². The summed E-state index contributed by atoms with van der Waals surface area (Å²) in [5.74, 6) is 0.729. The predicted molar refractivity (Wildman–Crippen MR) is 39.9 cm³/mol. The third kappa shape index (κ3) is 1.63. The summed E-state index contributed by atoms with van der Waals surface area (Å²) >= 11 is 0. The SMILES string of the molecule is Cl.Nc1[nH]cnc1NC=O. The average Bonchev–Trinajstić information content (AvgIpc) is 2.18. The first kappa shape index (κ1) is 8.77. The lowest BCUT2D eigenvalue weighted by Crippen LogP contribution is -1.97. The smallest absolute Gasteiger partial charge is 0.212 e. The Hall–Kier alpha value is -1.23. The van der Waals surface area contributed by atoms with Crippen molar-refractivity contribution >= 4 is 30.5 Å². The van der Waals surface area contributed by atoms with E-state index in [2.05, 4.69) is 15.3 Å². The molecule has 1 aromatic rings. The van der Waals surface area contributed by atoms with Crippen LogP contribution in [0.1, 0.15) is 0 Å². The van der Waals surface area contributed by atoms with Crippen molar-refractivity contribution in [3.8, 4) is 0 Å². The molecule has 0 fully saturated rings. The third-order valence-electron chi connectivity index (χ3n) is 0.864. The van der Waals surface area contributed by atoms with Crippen molar-refractivity contribution in [3.63, 3.8) is 0 Å². The lowest BCUT2D eigenvalue weighted by atomic mass is 10.7. The molecule has 0 radical (unpaired) electrons. The number of nitrogens with one attached hydrogen (secondary N) is 2. The summed E-state index contributed by atoms with van der Waals surface area (Å²) in [5.41, 5.74) is 5.29. The van der Waals surface area contributed by atoms with Crippen LogP contribution < -0.4 is 11.1 Å². The fourth-order valence-electron chi connectivity index (χ4n) is 0.475. The van der Waals surface area contributed by atoms with Gasteiger partial charge in [-0.15, -0.1) is 12.4 Å². The lowest BCUT2D eigenvalue weighted by molar-refractivity contribution is -0.105. The van der Waals surface area contributed by atoms with Gasteiger partial charge < -0.3 is 16.0 Å². The molecule has 5 nitrogen and oxygen atoms in total. The summed E-state index contributed by atoms with van der Waals surface area (Å²) in [4.78, 5) is 16.1. The van der Waals surface area contributed by atoms with Gasteiger partial charge in [-0.05, 0) is 0 Å². The van der Waals surface area contributed by atoms with E-state index < -0.39 is 0 Å². The lowest BCUT2D eigenvalue weighted by Gasteiger charge is -1.89. The summed E-state index contributed by atoms with van der Waals surface area (Å²) in [6.45, 7) is 0. The normalized spacial score (nSPS) is 8.00. The quantitative estimate of drug-likeness (QED) is 0.535. The molecule has 0 unspecified atom stereocenters. The highest BCUT2D eigenvalue weighted by Crippen LogP contribution is 2.07. The number of hydrogen-bond donors (Lipinski definition) is 3. The number of carbonyl (C=O) groups is 1. The Bertz CT molecular complexity index is 211. The topological polar surface area (TPSA) is 83.8 Å². The maximum atomic E-state index is 9.80. The van der Waals surface area contributed by atoms with E-state index >= 15 is 0 Å². The fraction of sp³-hybridized carbons (Fsp3) is 0. The Balaban J connectivity index is 0.000000810. The van der Waals surface area contributed by atoms with Crippen molar-refractivity contribution in [2.45, 2.75) is 0 Å². The Labute approximate surface area is 63.4 Å². The highest BCUT2D eigenvalue weighted by Gasteiger charge is 1.96. The maximum absolute atomic E-state index is 9.80. The van der Waals surface area contributed by atoms with Crippen LogP contribution in [-0.2, 0) is 4.79 Å². The second kappa shape index (κ2) is 3.73. The van der Waals surface area contributed by atoms with Crippen LogP contribution in [0.4, 0.5) is 11.6 Å². The minimum atomic E-state index is 0. The molecule has 0 bridgehead atoms. The van der Waals surface area contributed by atoms with E-state index in [1.54, 1.807) is 0 Å². The predicted octanol–water partition coefficient (Wildman–Crippen LogP) is -0.0180. The number of hydrogen-bond acceptors (Lipinski definition) is 3. The largest absolute Gasteiger partial charge is 0.382 e. The zero-order valence-corrected chi connectivity index (χ0v) is 5.81. The molecule has 0 aliphatic carbocycles. The van der Waals surface area contributed by atoms with E-state index in [-0.39, 0.29) is 12.4 Å². The summed E-state index contributed by atoms with van der Waals surface area (Å²) in [7, 11) is 0. The molecule has 6 heteroatoms. The van der Waals surface area contributed by atoms with E-state index in [0.717, 1.165) is 0 Å². The van der Waals surface area contributed by atoms with Crippen molar-refractivity contribution < 1.29 is 4.79 Å². The minimum Gasteiger partial charge on any atom is -0.382 e. The van der Waals surface area contributed by atoms with Crippen LogP contribution >= 0.6 is 12.4 Å². The molecule has 0 aliphatic heterocycles. The van der Waals surface area contributed by atoms with Gasteiger partial charge >= 0.3 is 0 Å². The van der Waals surface area contributed by atoms with Gasteiger partial charge in [0.15, 0.2) is 5.82 Å². The second-order valence-corrected chi connectivity index (χ2v) is 1.43. The maximum Gasteiger partial charge on any atom is 0.212 e. The average molecular weight is 163 g/mol. The number of nitrogen functional groups attached to an aromatic ring is 1. The summed E-state index contributed by atoms with van der Waals surface area (Å²) in [5, 5.41) is 2.31. The number of halogens is 1. The van der Waals surface area contributed by atoms with Crippen LogP contribution in [0.25, 0.3) is 0 Å². The van der Waals surface area contributed by atoms with Crippen LogP contribution in [-0.4, -0.2) is 16.4 Å². The fourth-order valence-corrected chi connectivity index (χ4v) is 0.475. The van der Waals surface area contributed by atoms with Crippen molar-refractivity contribution in [1.29, 1.82) is 0 Å².